The number of fused-ring (bicyclic) bond motifs is 1. The number of hydrogen-bond donors (Lipinski definition) is 0. The number of rotatable bonds is 4. The fourth-order valence-corrected chi connectivity index (χ4v) is 2.42. The molecule has 0 radical (unpaired) electrons. The molecule has 6 heteroatoms. The van der Waals surface area contributed by atoms with Crippen molar-refractivity contribution in [2.24, 2.45) is 0 Å². The fourth-order valence-electron chi connectivity index (χ4n) is 2.42. The summed E-state index contributed by atoms with van der Waals surface area (Å²) in [6.45, 7) is 0.326. The van der Waals surface area contributed by atoms with Crippen LogP contribution in [0.15, 0.2) is 47.7 Å². The zero-order valence-corrected chi connectivity index (χ0v) is 12.7. The third kappa shape index (κ3) is 2.88. The summed E-state index contributed by atoms with van der Waals surface area (Å²) in [5.41, 5.74) is 0.548. The van der Waals surface area contributed by atoms with Gasteiger partial charge in [-0.15, -0.1) is 0 Å². The first-order valence-corrected chi connectivity index (χ1v) is 6.97. The van der Waals surface area contributed by atoms with Crippen LogP contribution in [0.4, 0.5) is 4.39 Å². The molecule has 0 fully saturated rings. The molecular formula is C17H15FN2O3. The molecular weight excluding hydrogens is 299 g/mol. The van der Waals surface area contributed by atoms with Gasteiger partial charge < -0.3 is 14.0 Å². The number of ether oxygens (including phenoxy) is 2. The standard InChI is InChI=1S/C17H15FN2O3/c1-22-13-5-11(8-19-9-13)10-20-4-3-12-6-16(23-2)15(18)7-14(12)17(20)21/h3-9H,10H2,1-2H3. The van der Waals surface area contributed by atoms with E-state index in [0.717, 1.165) is 5.56 Å². The Bertz CT molecular complexity index is 921. The summed E-state index contributed by atoms with van der Waals surface area (Å²) in [5, 5.41) is 0.940. The summed E-state index contributed by atoms with van der Waals surface area (Å²) >= 11 is 0. The quantitative estimate of drug-likeness (QED) is 0.743. The van der Waals surface area contributed by atoms with E-state index >= 15 is 0 Å². The van der Waals surface area contributed by atoms with Crippen molar-refractivity contribution in [1.82, 2.24) is 9.55 Å². The van der Waals surface area contributed by atoms with E-state index in [4.69, 9.17) is 9.47 Å². The lowest BCUT2D eigenvalue weighted by atomic mass is 10.1. The third-order valence-corrected chi connectivity index (χ3v) is 3.61. The molecule has 5 nitrogen and oxygen atoms in total. The van der Waals surface area contributed by atoms with E-state index in [1.54, 1.807) is 37.8 Å². The van der Waals surface area contributed by atoms with Crippen LogP contribution in [-0.2, 0) is 6.54 Å². The van der Waals surface area contributed by atoms with E-state index in [2.05, 4.69) is 4.98 Å². The smallest absolute Gasteiger partial charge is 0.258 e. The highest BCUT2D eigenvalue weighted by atomic mass is 19.1. The Morgan fingerprint density at radius 3 is 2.74 bits per heavy atom. The Kier molecular flexibility index (Phi) is 3.97. The van der Waals surface area contributed by atoms with Crippen molar-refractivity contribution >= 4 is 10.8 Å². The molecule has 0 N–H and O–H groups in total. The van der Waals surface area contributed by atoms with E-state index in [-0.39, 0.29) is 11.3 Å². The van der Waals surface area contributed by atoms with E-state index in [0.29, 0.717) is 23.1 Å². The number of pyridine rings is 2. The van der Waals surface area contributed by atoms with E-state index < -0.39 is 5.82 Å². The summed E-state index contributed by atoms with van der Waals surface area (Å²) in [5.74, 6) is 0.177. The maximum Gasteiger partial charge on any atom is 0.258 e. The van der Waals surface area contributed by atoms with Crippen LogP contribution in [-0.4, -0.2) is 23.8 Å². The Hall–Kier alpha value is -2.89. The van der Waals surface area contributed by atoms with Crippen LogP contribution in [0.3, 0.4) is 0 Å². The van der Waals surface area contributed by atoms with Gasteiger partial charge in [0.25, 0.3) is 5.56 Å². The normalized spacial score (nSPS) is 10.7. The number of aromatic nitrogens is 2. The Labute approximate surface area is 131 Å². The molecule has 0 spiro atoms. The van der Waals surface area contributed by atoms with Gasteiger partial charge >= 0.3 is 0 Å². The van der Waals surface area contributed by atoms with Crippen molar-refractivity contribution in [1.29, 1.82) is 0 Å². The number of halogens is 1. The maximum atomic E-state index is 13.9. The van der Waals surface area contributed by atoms with Gasteiger partial charge in [-0.3, -0.25) is 9.78 Å². The Balaban J connectivity index is 2.05. The minimum Gasteiger partial charge on any atom is -0.495 e. The van der Waals surface area contributed by atoms with E-state index in [9.17, 15) is 9.18 Å². The van der Waals surface area contributed by atoms with Gasteiger partial charge in [0.05, 0.1) is 32.3 Å². The number of nitrogens with zero attached hydrogens (tertiary/aromatic N) is 2. The van der Waals surface area contributed by atoms with Crippen LogP contribution in [0.25, 0.3) is 10.8 Å². The maximum absolute atomic E-state index is 13.9. The predicted octanol–water partition coefficient (Wildman–Crippen LogP) is 2.60. The monoisotopic (exact) mass is 314 g/mol. The molecule has 0 atom stereocenters. The van der Waals surface area contributed by atoms with Crippen molar-refractivity contribution in [3.8, 4) is 11.5 Å². The first kappa shape index (κ1) is 15.0. The number of benzene rings is 1. The molecule has 3 aromatic rings. The molecule has 0 aliphatic heterocycles. The molecule has 2 aromatic heterocycles. The van der Waals surface area contributed by atoms with Crippen molar-refractivity contribution in [3.05, 3.63) is 64.6 Å². The highest BCUT2D eigenvalue weighted by molar-refractivity contribution is 5.83. The summed E-state index contributed by atoms with van der Waals surface area (Å²) in [6, 6.07) is 6.28. The fraction of sp³-hybridized carbons (Fsp3) is 0.176. The molecule has 2 heterocycles. The van der Waals surface area contributed by atoms with Gasteiger partial charge in [0, 0.05) is 12.4 Å². The van der Waals surface area contributed by atoms with Crippen LogP contribution in [0.1, 0.15) is 5.56 Å². The average Bonchev–Trinajstić information content (AvgIpc) is 2.57. The molecule has 0 unspecified atom stereocenters. The van der Waals surface area contributed by atoms with Crippen molar-refractivity contribution in [3.63, 3.8) is 0 Å². The van der Waals surface area contributed by atoms with Crippen LogP contribution in [0.2, 0.25) is 0 Å². The second-order valence-corrected chi connectivity index (χ2v) is 5.06. The first-order valence-electron chi connectivity index (χ1n) is 6.97. The van der Waals surface area contributed by atoms with Gasteiger partial charge in [-0.05, 0) is 35.2 Å². The summed E-state index contributed by atoms with van der Waals surface area (Å²) in [4.78, 5) is 16.6. The molecule has 3 rings (SSSR count). The van der Waals surface area contributed by atoms with Gasteiger partial charge in [-0.1, -0.05) is 0 Å². The molecule has 0 aliphatic carbocycles. The summed E-state index contributed by atoms with van der Waals surface area (Å²) in [6.07, 6.45) is 4.92. The molecule has 0 saturated heterocycles. The van der Waals surface area contributed by atoms with Gasteiger partial charge in [-0.25, -0.2) is 4.39 Å². The largest absolute Gasteiger partial charge is 0.495 e. The minimum absolute atomic E-state index is 0.117. The van der Waals surface area contributed by atoms with Crippen LogP contribution < -0.4 is 15.0 Å². The SMILES string of the molecule is COc1cncc(Cn2ccc3cc(OC)c(F)cc3c2=O)c1. The van der Waals surface area contributed by atoms with Gasteiger partial charge in [0.1, 0.15) is 5.75 Å². The number of hydrogen-bond acceptors (Lipinski definition) is 4. The van der Waals surface area contributed by atoms with E-state index in [1.165, 1.54) is 23.8 Å². The highest BCUT2D eigenvalue weighted by Crippen LogP contribution is 2.22. The molecule has 23 heavy (non-hydrogen) atoms. The second-order valence-electron chi connectivity index (χ2n) is 5.06. The van der Waals surface area contributed by atoms with Crippen LogP contribution in [0, 0.1) is 5.82 Å². The van der Waals surface area contributed by atoms with Gasteiger partial charge in [0.15, 0.2) is 11.6 Å². The van der Waals surface area contributed by atoms with Crippen LogP contribution in [0.5, 0.6) is 11.5 Å². The highest BCUT2D eigenvalue weighted by Gasteiger charge is 2.10. The lowest BCUT2D eigenvalue weighted by molar-refractivity contribution is 0.387. The molecule has 0 aliphatic rings. The molecule has 0 saturated carbocycles. The van der Waals surface area contributed by atoms with Crippen LogP contribution >= 0.6 is 0 Å². The third-order valence-electron chi connectivity index (χ3n) is 3.61. The molecule has 0 amide bonds. The van der Waals surface area contributed by atoms with Gasteiger partial charge in [0.2, 0.25) is 0 Å². The lowest BCUT2D eigenvalue weighted by Gasteiger charge is -2.09. The lowest BCUT2D eigenvalue weighted by Crippen LogP contribution is -2.20. The zero-order chi connectivity index (χ0) is 16.4. The number of methoxy groups -OCH3 is 2. The Morgan fingerprint density at radius 2 is 2.00 bits per heavy atom. The second kappa shape index (κ2) is 6.08. The minimum atomic E-state index is -0.558. The zero-order valence-electron chi connectivity index (χ0n) is 12.7. The molecule has 0 bridgehead atoms. The first-order chi connectivity index (χ1) is 11.1. The Morgan fingerprint density at radius 1 is 1.17 bits per heavy atom. The van der Waals surface area contributed by atoms with E-state index in [1.807, 2.05) is 0 Å². The summed E-state index contributed by atoms with van der Waals surface area (Å²) < 4.78 is 25.4. The van der Waals surface area contributed by atoms with Crippen molar-refractivity contribution < 1.29 is 13.9 Å². The topological polar surface area (TPSA) is 53.4 Å². The molecule has 1 aromatic carbocycles. The van der Waals surface area contributed by atoms with Crippen molar-refractivity contribution in [2.75, 3.05) is 14.2 Å². The predicted molar refractivity (Wildman–Crippen MR) is 84.6 cm³/mol. The molecule has 118 valence electrons. The average molecular weight is 314 g/mol. The van der Waals surface area contributed by atoms with Crippen molar-refractivity contribution in [2.45, 2.75) is 6.54 Å². The van der Waals surface area contributed by atoms with Gasteiger partial charge in [-0.2, -0.15) is 0 Å². The summed E-state index contributed by atoms with van der Waals surface area (Å²) in [7, 11) is 2.94.